The van der Waals surface area contributed by atoms with Crippen LogP contribution in [0.15, 0.2) is 21.7 Å². The molecule has 0 saturated carbocycles. The number of hydrogen-bond donors (Lipinski definition) is 0. The van der Waals surface area contributed by atoms with Gasteiger partial charge in [0.1, 0.15) is 5.82 Å². The standard InChI is InChI=1S/C7H5BrFN3/c1-4-2-5(11-12-10)3-6(8)7(4)9/h2-3H,1H3. The van der Waals surface area contributed by atoms with Crippen molar-refractivity contribution in [2.75, 3.05) is 0 Å². The van der Waals surface area contributed by atoms with Crippen LogP contribution in [0.4, 0.5) is 10.1 Å². The summed E-state index contributed by atoms with van der Waals surface area (Å²) in [6.07, 6.45) is 0. The monoisotopic (exact) mass is 229 g/mol. The zero-order valence-corrected chi connectivity index (χ0v) is 7.84. The maximum absolute atomic E-state index is 13.0. The van der Waals surface area contributed by atoms with Gasteiger partial charge in [-0.15, -0.1) is 0 Å². The molecule has 5 heteroatoms. The molecule has 1 aromatic rings. The molecule has 0 spiro atoms. The van der Waals surface area contributed by atoms with Gasteiger partial charge in [0.25, 0.3) is 0 Å². The lowest BCUT2D eigenvalue weighted by molar-refractivity contribution is 0.612. The van der Waals surface area contributed by atoms with Crippen LogP contribution >= 0.6 is 15.9 Å². The molecule has 0 radical (unpaired) electrons. The molecule has 0 aliphatic rings. The van der Waals surface area contributed by atoms with Gasteiger partial charge in [-0.3, -0.25) is 0 Å². The summed E-state index contributed by atoms with van der Waals surface area (Å²) in [5.74, 6) is -0.327. The molecule has 3 nitrogen and oxygen atoms in total. The highest BCUT2D eigenvalue weighted by Gasteiger charge is 2.03. The first kappa shape index (κ1) is 9.03. The Bertz CT molecular complexity index is 335. The fraction of sp³-hybridized carbons (Fsp3) is 0.143. The molecule has 0 saturated heterocycles. The van der Waals surface area contributed by atoms with Gasteiger partial charge in [0.05, 0.1) is 4.47 Å². The van der Waals surface area contributed by atoms with Gasteiger partial charge < -0.3 is 0 Å². The van der Waals surface area contributed by atoms with Crippen LogP contribution in [-0.2, 0) is 0 Å². The van der Waals surface area contributed by atoms with Crippen LogP contribution in [0.1, 0.15) is 5.56 Å². The second-order valence-electron chi connectivity index (χ2n) is 2.25. The number of halogens is 2. The molecule has 0 amide bonds. The van der Waals surface area contributed by atoms with Crippen LogP contribution in [0, 0.1) is 12.7 Å². The van der Waals surface area contributed by atoms with Crippen molar-refractivity contribution in [1.82, 2.24) is 0 Å². The highest BCUT2D eigenvalue weighted by Crippen LogP contribution is 2.25. The molecule has 1 aromatic carbocycles. The summed E-state index contributed by atoms with van der Waals surface area (Å²) in [6.45, 7) is 1.61. The van der Waals surface area contributed by atoms with E-state index in [4.69, 9.17) is 5.53 Å². The summed E-state index contributed by atoms with van der Waals surface area (Å²) >= 11 is 3.01. The zero-order valence-electron chi connectivity index (χ0n) is 6.25. The molecule has 0 atom stereocenters. The molecular weight excluding hydrogens is 225 g/mol. The number of azide groups is 1. The number of benzene rings is 1. The van der Waals surface area contributed by atoms with E-state index in [9.17, 15) is 4.39 Å². The zero-order chi connectivity index (χ0) is 9.14. The van der Waals surface area contributed by atoms with E-state index in [2.05, 4.69) is 26.0 Å². The summed E-state index contributed by atoms with van der Waals surface area (Å²) in [5, 5.41) is 3.35. The summed E-state index contributed by atoms with van der Waals surface area (Å²) in [6, 6.07) is 2.92. The van der Waals surface area contributed by atoms with Crippen LogP contribution < -0.4 is 0 Å². The smallest absolute Gasteiger partial charge is 0.140 e. The molecule has 0 aromatic heterocycles. The topological polar surface area (TPSA) is 48.8 Å². The van der Waals surface area contributed by atoms with E-state index in [0.29, 0.717) is 15.7 Å². The van der Waals surface area contributed by atoms with E-state index < -0.39 is 0 Å². The normalized spacial score (nSPS) is 9.25. The second-order valence-corrected chi connectivity index (χ2v) is 3.10. The molecule has 0 aliphatic heterocycles. The fourth-order valence-corrected chi connectivity index (χ4v) is 1.37. The van der Waals surface area contributed by atoms with Crippen LogP contribution in [0.5, 0.6) is 0 Å². The summed E-state index contributed by atoms with van der Waals surface area (Å²) in [7, 11) is 0. The molecule has 62 valence electrons. The van der Waals surface area contributed by atoms with E-state index in [0.717, 1.165) is 0 Å². The van der Waals surface area contributed by atoms with E-state index in [-0.39, 0.29) is 5.82 Å². The highest BCUT2D eigenvalue weighted by atomic mass is 79.9. The molecular formula is C7H5BrFN3. The summed E-state index contributed by atoms with van der Waals surface area (Å²) in [5.41, 5.74) is 8.98. The third kappa shape index (κ3) is 1.75. The maximum atomic E-state index is 13.0. The number of aryl methyl sites for hydroxylation is 1. The largest absolute Gasteiger partial charge is 0.205 e. The number of rotatable bonds is 1. The summed E-state index contributed by atoms with van der Waals surface area (Å²) < 4.78 is 13.3. The molecule has 0 unspecified atom stereocenters. The minimum atomic E-state index is -0.327. The third-order valence-corrected chi connectivity index (χ3v) is 1.93. The number of hydrogen-bond acceptors (Lipinski definition) is 1. The Morgan fingerprint density at radius 1 is 1.58 bits per heavy atom. The number of nitrogens with zero attached hydrogens (tertiary/aromatic N) is 3. The Hall–Kier alpha value is -1.06. The molecule has 0 bridgehead atoms. The van der Waals surface area contributed by atoms with E-state index in [1.54, 1.807) is 6.92 Å². The Balaban J connectivity index is 3.30. The van der Waals surface area contributed by atoms with Crippen molar-refractivity contribution >= 4 is 21.6 Å². The van der Waals surface area contributed by atoms with Crippen molar-refractivity contribution in [2.45, 2.75) is 6.92 Å². The van der Waals surface area contributed by atoms with Crippen LogP contribution in [-0.4, -0.2) is 0 Å². The van der Waals surface area contributed by atoms with Crippen molar-refractivity contribution in [3.05, 3.63) is 38.4 Å². The maximum Gasteiger partial charge on any atom is 0.140 e. The molecule has 12 heavy (non-hydrogen) atoms. The predicted octanol–water partition coefficient (Wildman–Crippen LogP) is 3.84. The molecule has 1 rings (SSSR count). The lowest BCUT2D eigenvalue weighted by atomic mass is 10.2. The van der Waals surface area contributed by atoms with Gasteiger partial charge in [-0.2, -0.15) is 0 Å². The first-order valence-electron chi connectivity index (χ1n) is 3.16. The molecule has 0 aliphatic carbocycles. The van der Waals surface area contributed by atoms with E-state index in [1.807, 2.05) is 0 Å². The summed E-state index contributed by atoms with van der Waals surface area (Å²) in [4.78, 5) is 2.60. The van der Waals surface area contributed by atoms with Crippen LogP contribution in [0.3, 0.4) is 0 Å². The van der Waals surface area contributed by atoms with Crippen LogP contribution in [0.25, 0.3) is 10.4 Å². The van der Waals surface area contributed by atoms with Crippen molar-refractivity contribution < 1.29 is 4.39 Å². The average Bonchev–Trinajstić information content (AvgIpc) is 2.01. The van der Waals surface area contributed by atoms with E-state index in [1.165, 1.54) is 12.1 Å². The Labute approximate surface area is 77.0 Å². The minimum Gasteiger partial charge on any atom is -0.205 e. The first-order chi connectivity index (χ1) is 5.65. The van der Waals surface area contributed by atoms with Gasteiger partial charge >= 0.3 is 0 Å². The molecule has 0 fully saturated rings. The molecule has 0 N–H and O–H groups in total. The Morgan fingerprint density at radius 3 is 2.75 bits per heavy atom. The SMILES string of the molecule is Cc1cc(N=[N+]=[N-])cc(Br)c1F. The predicted molar refractivity (Wildman–Crippen MR) is 47.6 cm³/mol. The minimum absolute atomic E-state index is 0.310. The van der Waals surface area contributed by atoms with E-state index >= 15 is 0 Å². The van der Waals surface area contributed by atoms with Gasteiger partial charge in [0.2, 0.25) is 0 Å². The van der Waals surface area contributed by atoms with Gasteiger partial charge in [-0.05, 0) is 46.1 Å². The van der Waals surface area contributed by atoms with Crippen molar-refractivity contribution in [3.63, 3.8) is 0 Å². The highest BCUT2D eigenvalue weighted by molar-refractivity contribution is 9.10. The quantitative estimate of drug-likeness (QED) is 0.399. The Morgan fingerprint density at radius 2 is 2.25 bits per heavy atom. The van der Waals surface area contributed by atoms with Crippen molar-refractivity contribution in [1.29, 1.82) is 0 Å². The lowest BCUT2D eigenvalue weighted by Gasteiger charge is -1.99. The van der Waals surface area contributed by atoms with Crippen molar-refractivity contribution in [2.24, 2.45) is 5.11 Å². The van der Waals surface area contributed by atoms with Gasteiger partial charge in [0, 0.05) is 10.6 Å². The van der Waals surface area contributed by atoms with Gasteiger partial charge in [-0.1, -0.05) is 5.11 Å². The van der Waals surface area contributed by atoms with Crippen molar-refractivity contribution in [3.8, 4) is 0 Å². The second kappa shape index (κ2) is 3.56. The fourth-order valence-electron chi connectivity index (χ4n) is 0.818. The van der Waals surface area contributed by atoms with Gasteiger partial charge in [0.15, 0.2) is 0 Å². The lowest BCUT2D eigenvalue weighted by Crippen LogP contribution is -1.82. The van der Waals surface area contributed by atoms with Gasteiger partial charge in [-0.25, -0.2) is 4.39 Å². The third-order valence-electron chi connectivity index (χ3n) is 1.36. The average molecular weight is 230 g/mol. The Kier molecular flexibility index (Phi) is 2.68. The first-order valence-corrected chi connectivity index (χ1v) is 3.95. The van der Waals surface area contributed by atoms with Crippen LogP contribution in [0.2, 0.25) is 0 Å². The molecule has 0 heterocycles.